The highest BCUT2D eigenvalue weighted by Gasteiger charge is 2.42. The molecule has 1 saturated heterocycles. The van der Waals surface area contributed by atoms with Crippen LogP contribution in [0.1, 0.15) is 50.1 Å². The van der Waals surface area contributed by atoms with E-state index in [1.165, 1.54) is 18.4 Å². The average Bonchev–Trinajstić information content (AvgIpc) is 3.82. The summed E-state index contributed by atoms with van der Waals surface area (Å²) in [6.07, 6.45) is 6.37. The summed E-state index contributed by atoms with van der Waals surface area (Å²) in [5.41, 5.74) is 11.9. The smallest absolute Gasteiger partial charge is 0.194 e. The van der Waals surface area contributed by atoms with Crippen molar-refractivity contribution in [2.45, 2.75) is 45.6 Å². The predicted molar refractivity (Wildman–Crippen MR) is 200 cm³/mol. The highest BCUT2D eigenvalue weighted by atomic mass is 16.5. The van der Waals surface area contributed by atoms with E-state index in [4.69, 9.17) is 30.1 Å². The number of aromatic nitrogens is 1. The van der Waals surface area contributed by atoms with Crippen molar-refractivity contribution in [1.82, 2.24) is 4.98 Å². The molecule has 0 saturated carbocycles. The molecule has 1 aliphatic rings. The first kappa shape index (κ1) is 46.5. The maximum atomic E-state index is 9.41. The van der Waals surface area contributed by atoms with Crippen LogP contribution >= 0.6 is 0 Å². The lowest BCUT2D eigenvalue weighted by Gasteiger charge is -2.18. The van der Waals surface area contributed by atoms with Crippen molar-refractivity contribution in [3.8, 4) is 11.8 Å². The van der Waals surface area contributed by atoms with Gasteiger partial charge in [-0.25, -0.2) is 4.99 Å². The van der Waals surface area contributed by atoms with E-state index in [0.717, 1.165) is 24.6 Å². The summed E-state index contributed by atoms with van der Waals surface area (Å²) in [5.74, 6) is 2.05. The largest absolute Gasteiger partial charge is 0.497 e. The lowest BCUT2D eigenvalue weighted by atomic mass is 9.93. The number of benzene rings is 2. The molecule has 2 atom stereocenters. The number of ether oxygens (including phenoxy) is 4. The van der Waals surface area contributed by atoms with E-state index in [1.807, 2.05) is 48.5 Å². The van der Waals surface area contributed by atoms with E-state index in [9.17, 15) is 5.26 Å². The van der Waals surface area contributed by atoms with Gasteiger partial charge in [-0.1, -0.05) is 86.9 Å². The van der Waals surface area contributed by atoms with Gasteiger partial charge in [0.05, 0.1) is 25.1 Å². The van der Waals surface area contributed by atoms with Crippen molar-refractivity contribution < 1.29 is 23.7 Å². The molecule has 3 aromatic rings. The molecule has 1 unspecified atom stereocenters. The van der Waals surface area contributed by atoms with Crippen LogP contribution in [-0.2, 0) is 24.6 Å². The summed E-state index contributed by atoms with van der Waals surface area (Å²) in [7, 11) is 6.67. The number of aliphatic imine (C=N–C) groups is 1. The quantitative estimate of drug-likeness (QED) is 0.0818. The standard InChI is InChI=1S/C13H15N5O.C7H8O.C7H16O.C7H8.C2H5NO.C2H6O/c1-2-9-5-13(7-14,19-6-9)11-4-3-10(18-11)12(16)17-8-15;1-8-7-5-3-2-4-6-7;1-4-7(5-2)6-8-3;1-7-5-3-2-4-6-7;3-1-2-4;1-3-2/h2-4,8-9,18H,1,5-6H2,(H3,15,16,17);2-6H,1H3;7H,4-6H2,1-3H3;2-6H,1H3;2H,1,3H2;1-2H3/t9?,13-;;;;;/m0...../s1. The molecule has 2 aromatic carbocycles. The highest BCUT2D eigenvalue weighted by molar-refractivity contribution is 5.99. The van der Waals surface area contributed by atoms with Crippen molar-refractivity contribution in [2.75, 3.05) is 48.2 Å². The van der Waals surface area contributed by atoms with E-state index in [1.54, 1.807) is 46.6 Å². The van der Waals surface area contributed by atoms with Gasteiger partial charge in [0, 0.05) is 46.8 Å². The number of hydrogen-bond donors (Lipinski definition) is 4. The zero-order valence-electron chi connectivity index (χ0n) is 30.4. The normalized spacial score (nSPS) is 15.7. The molecule has 6 N–H and O–H groups in total. The Morgan fingerprint density at radius 1 is 1.10 bits per heavy atom. The number of carbonyl (C=O) groups is 1. The molecular weight excluding hydrogens is 620 g/mol. The monoisotopic (exact) mass is 678 g/mol. The van der Waals surface area contributed by atoms with E-state index in [-0.39, 0.29) is 18.3 Å². The lowest BCUT2D eigenvalue weighted by molar-refractivity contribution is -0.106. The van der Waals surface area contributed by atoms with Crippen LogP contribution in [0, 0.1) is 35.5 Å². The zero-order chi connectivity index (χ0) is 37.3. The number of nitriles is 1. The van der Waals surface area contributed by atoms with Crippen LogP contribution in [0.25, 0.3) is 0 Å². The molecular formula is C38H58N6O5. The number of H-pyrrole nitrogens is 1. The number of aryl methyl sites for hydroxylation is 1. The van der Waals surface area contributed by atoms with Gasteiger partial charge in [-0.2, -0.15) is 5.26 Å². The fourth-order valence-electron chi connectivity index (χ4n) is 3.98. The Balaban J connectivity index is 0. The second-order valence-corrected chi connectivity index (χ2v) is 10.5. The first-order valence-corrected chi connectivity index (χ1v) is 16.0. The Hall–Kier alpha value is -4.60. The topological polar surface area (TPSA) is 182 Å². The van der Waals surface area contributed by atoms with Gasteiger partial charge in [0.2, 0.25) is 0 Å². The number of nitrogens with one attached hydrogen (secondary N) is 2. The summed E-state index contributed by atoms with van der Waals surface area (Å²) in [6.45, 7) is 11.8. The van der Waals surface area contributed by atoms with E-state index in [0.29, 0.717) is 30.7 Å². The van der Waals surface area contributed by atoms with Crippen LogP contribution in [0.3, 0.4) is 0 Å². The van der Waals surface area contributed by atoms with Gasteiger partial charge >= 0.3 is 0 Å². The van der Waals surface area contributed by atoms with Crippen molar-refractivity contribution in [2.24, 2.45) is 28.3 Å². The fraction of sp³-hybridized carbons (Fsp3) is 0.421. The van der Waals surface area contributed by atoms with Gasteiger partial charge in [-0.3, -0.25) is 5.41 Å². The second kappa shape index (κ2) is 30.7. The van der Waals surface area contributed by atoms with Gasteiger partial charge in [0.1, 0.15) is 30.3 Å². The van der Waals surface area contributed by atoms with Gasteiger partial charge < -0.3 is 40.2 Å². The van der Waals surface area contributed by atoms with Crippen LogP contribution in [-0.4, -0.2) is 71.6 Å². The Morgan fingerprint density at radius 2 is 1.65 bits per heavy atom. The van der Waals surface area contributed by atoms with Crippen molar-refractivity contribution in [3.05, 3.63) is 102 Å². The van der Waals surface area contributed by atoms with E-state index in [2.05, 4.69) is 66.0 Å². The van der Waals surface area contributed by atoms with Crippen LogP contribution in [0.5, 0.6) is 5.75 Å². The molecule has 1 aliphatic heterocycles. The number of hydrogen-bond acceptors (Lipinski definition) is 8. The number of amidine groups is 1. The number of para-hydroxylation sites is 1. The Morgan fingerprint density at radius 3 is 1.98 bits per heavy atom. The minimum absolute atomic E-state index is 0.139. The summed E-state index contributed by atoms with van der Waals surface area (Å²) in [5, 5.41) is 16.3. The summed E-state index contributed by atoms with van der Waals surface area (Å²) < 4.78 is 19.8. The number of methoxy groups -OCH3 is 3. The summed E-state index contributed by atoms with van der Waals surface area (Å²) in [6, 6.07) is 25.6. The predicted octanol–water partition coefficient (Wildman–Crippen LogP) is 6.43. The highest BCUT2D eigenvalue weighted by Crippen LogP contribution is 2.38. The molecule has 11 heteroatoms. The third-order valence-electron chi connectivity index (χ3n) is 6.78. The molecule has 0 radical (unpaired) electrons. The SMILES string of the molecule is C=CC1CO[C@@](C#N)(c2ccc(C(N)=NC=N)[nH]2)C1.CCC(CC)COC.COC.COc1ccccc1.Cc1ccccc1.NCC=O. The second-order valence-electron chi connectivity index (χ2n) is 10.5. The Bertz CT molecular complexity index is 1310. The maximum Gasteiger partial charge on any atom is 0.194 e. The Labute approximate surface area is 293 Å². The number of nitrogens with two attached hydrogens (primary N) is 2. The van der Waals surface area contributed by atoms with Gasteiger partial charge in [0.15, 0.2) is 5.60 Å². The van der Waals surface area contributed by atoms with E-state index < -0.39 is 5.60 Å². The number of nitrogens with zero attached hydrogens (tertiary/aromatic N) is 2. The van der Waals surface area contributed by atoms with Crippen LogP contribution in [0.2, 0.25) is 0 Å². The van der Waals surface area contributed by atoms with Crippen LogP contribution in [0.4, 0.5) is 0 Å². The van der Waals surface area contributed by atoms with Gasteiger partial charge in [-0.05, 0) is 37.1 Å². The first-order valence-electron chi connectivity index (χ1n) is 16.0. The van der Waals surface area contributed by atoms with Gasteiger partial charge in [-0.15, -0.1) is 6.58 Å². The molecule has 270 valence electrons. The Kier molecular flexibility index (Phi) is 29.2. The van der Waals surface area contributed by atoms with E-state index >= 15 is 0 Å². The van der Waals surface area contributed by atoms with Crippen molar-refractivity contribution >= 4 is 18.5 Å². The molecule has 1 aromatic heterocycles. The van der Waals surface area contributed by atoms with Crippen LogP contribution in [0.15, 0.2) is 90.4 Å². The number of aldehydes is 1. The molecule has 0 aliphatic carbocycles. The molecule has 0 spiro atoms. The molecule has 1 fully saturated rings. The number of rotatable bonds is 10. The van der Waals surface area contributed by atoms with Crippen LogP contribution < -0.4 is 16.2 Å². The molecule has 49 heavy (non-hydrogen) atoms. The minimum Gasteiger partial charge on any atom is -0.497 e. The van der Waals surface area contributed by atoms with Crippen molar-refractivity contribution in [3.63, 3.8) is 0 Å². The third kappa shape index (κ3) is 21.1. The first-order chi connectivity index (χ1) is 23.6. The molecule has 0 amide bonds. The zero-order valence-corrected chi connectivity index (χ0v) is 30.4. The molecule has 4 rings (SSSR count). The number of carbonyl (C=O) groups excluding carboxylic acids is 1. The number of aromatic amines is 1. The molecule has 0 bridgehead atoms. The maximum absolute atomic E-state index is 9.41. The molecule has 11 nitrogen and oxygen atoms in total. The minimum atomic E-state index is -0.984. The fourth-order valence-corrected chi connectivity index (χ4v) is 3.98. The summed E-state index contributed by atoms with van der Waals surface area (Å²) in [4.78, 5) is 15.8. The third-order valence-corrected chi connectivity index (χ3v) is 6.78. The molecule has 2 heterocycles. The van der Waals surface area contributed by atoms with Gasteiger partial charge in [0.25, 0.3) is 0 Å². The summed E-state index contributed by atoms with van der Waals surface area (Å²) >= 11 is 0. The van der Waals surface area contributed by atoms with Crippen molar-refractivity contribution in [1.29, 1.82) is 10.7 Å². The lowest BCUT2D eigenvalue weighted by Crippen LogP contribution is -2.24. The average molecular weight is 679 g/mol.